The van der Waals surface area contributed by atoms with Crippen LogP contribution in [0.3, 0.4) is 0 Å². The van der Waals surface area contributed by atoms with Crippen molar-refractivity contribution in [2.75, 3.05) is 0 Å². The Morgan fingerprint density at radius 2 is 0.843 bits per heavy atom. The second kappa shape index (κ2) is 11.0. The largest absolute Gasteiger partial charge is 0.309 e. The van der Waals surface area contributed by atoms with E-state index in [1.54, 1.807) is 0 Å². The lowest BCUT2D eigenvalue weighted by molar-refractivity contribution is 1.18. The van der Waals surface area contributed by atoms with Crippen molar-refractivity contribution in [1.29, 1.82) is 0 Å². The van der Waals surface area contributed by atoms with Gasteiger partial charge in [0, 0.05) is 42.7 Å². The molecule has 0 saturated heterocycles. The number of hydrogen-bond acceptors (Lipinski definition) is 1. The molecule has 3 heteroatoms. The first-order valence-corrected chi connectivity index (χ1v) is 18.3. The molecule has 0 N–H and O–H groups in total. The Bertz CT molecular complexity index is 3070. The van der Waals surface area contributed by atoms with Crippen LogP contribution in [-0.4, -0.2) is 9.13 Å². The van der Waals surface area contributed by atoms with Crippen LogP contribution < -0.4 is 0 Å². The van der Waals surface area contributed by atoms with Gasteiger partial charge in [-0.3, -0.25) is 0 Å². The van der Waals surface area contributed by atoms with Crippen molar-refractivity contribution < 1.29 is 0 Å². The zero-order chi connectivity index (χ0) is 33.5. The first-order chi connectivity index (χ1) is 25.3. The van der Waals surface area contributed by atoms with Gasteiger partial charge in [0.05, 0.1) is 32.5 Å². The number of thiophene rings is 1. The molecule has 0 spiro atoms. The molecular formula is C48H30N2S. The summed E-state index contributed by atoms with van der Waals surface area (Å²) >= 11 is 1.89. The van der Waals surface area contributed by atoms with E-state index in [9.17, 15) is 0 Å². The maximum atomic E-state index is 2.50. The lowest BCUT2D eigenvalue weighted by Crippen LogP contribution is -1.96. The molecule has 0 aliphatic heterocycles. The molecule has 0 aliphatic carbocycles. The standard InChI is InChI=1S/C48H30N2S/c1-3-14-31(15-4-1)33-28-34(32-16-5-2-6-17-32)30-35(29-33)49-40-22-10-7-19-38(40)46-42(49)26-27-43-47(46)39-20-8-11-23-41(39)50(43)44-24-13-21-37-36-18-9-12-25-45(36)51-48(37)44/h1-30H. The van der Waals surface area contributed by atoms with Gasteiger partial charge in [-0.05, 0) is 76.9 Å². The molecule has 0 radical (unpaired) electrons. The van der Waals surface area contributed by atoms with Crippen LogP contribution in [0.15, 0.2) is 182 Å². The van der Waals surface area contributed by atoms with Gasteiger partial charge in [0.2, 0.25) is 0 Å². The zero-order valence-corrected chi connectivity index (χ0v) is 28.4. The van der Waals surface area contributed by atoms with E-state index in [0.29, 0.717) is 0 Å². The number of para-hydroxylation sites is 2. The number of aromatic nitrogens is 2. The normalized spacial score (nSPS) is 11.9. The van der Waals surface area contributed by atoms with E-state index in [1.165, 1.54) is 91.7 Å². The van der Waals surface area contributed by atoms with Gasteiger partial charge in [-0.1, -0.05) is 127 Å². The third kappa shape index (κ3) is 4.22. The van der Waals surface area contributed by atoms with Gasteiger partial charge in [0.1, 0.15) is 0 Å². The first-order valence-electron chi connectivity index (χ1n) is 17.4. The van der Waals surface area contributed by atoms with Gasteiger partial charge in [-0.2, -0.15) is 0 Å². The van der Waals surface area contributed by atoms with Crippen LogP contribution in [0.25, 0.3) is 97.4 Å². The smallest absolute Gasteiger partial charge is 0.0640 e. The Morgan fingerprint density at radius 1 is 0.333 bits per heavy atom. The summed E-state index contributed by atoms with van der Waals surface area (Å²) in [5.41, 5.74) is 12.0. The summed E-state index contributed by atoms with van der Waals surface area (Å²) in [6.45, 7) is 0. The van der Waals surface area contributed by atoms with E-state index in [1.807, 2.05) is 11.3 Å². The van der Waals surface area contributed by atoms with Crippen molar-refractivity contribution in [2.45, 2.75) is 0 Å². The summed E-state index contributed by atoms with van der Waals surface area (Å²) in [6.07, 6.45) is 0. The second-order valence-corrected chi connectivity index (χ2v) is 14.4. The summed E-state index contributed by atoms with van der Waals surface area (Å²) in [5, 5.41) is 7.73. The predicted octanol–water partition coefficient (Wildman–Crippen LogP) is 13.6. The molecule has 3 aromatic heterocycles. The average molecular weight is 667 g/mol. The molecule has 0 fully saturated rings. The van der Waals surface area contributed by atoms with Crippen molar-refractivity contribution in [1.82, 2.24) is 9.13 Å². The molecule has 0 amide bonds. The Hall–Kier alpha value is -6.42. The number of fused-ring (bicyclic) bond motifs is 10. The minimum Gasteiger partial charge on any atom is -0.309 e. The van der Waals surface area contributed by atoms with Crippen LogP contribution in [-0.2, 0) is 0 Å². The number of rotatable bonds is 4. The van der Waals surface area contributed by atoms with Crippen LogP contribution in [0.5, 0.6) is 0 Å². The van der Waals surface area contributed by atoms with Crippen LogP contribution in [0.1, 0.15) is 0 Å². The molecule has 11 aromatic rings. The van der Waals surface area contributed by atoms with Crippen molar-refractivity contribution >= 4 is 75.1 Å². The molecule has 0 saturated carbocycles. The van der Waals surface area contributed by atoms with Crippen molar-refractivity contribution in [3.8, 4) is 33.6 Å². The second-order valence-electron chi connectivity index (χ2n) is 13.3. The molecule has 11 rings (SSSR count). The predicted molar refractivity (Wildman–Crippen MR) is 219 cm³/mol. The molecule has 0 atom stereocenters. The Labute approximate surface area is 298 Å². The topological polar surface area (TPSA) is 9.86 Å². The Kier molecular flexibility index (Phi) is 6.16. The highest BCUT2D eigenvalue weighted by Gasteiger charge is 2.22. The van der Waals surface area contributed by atoms with Gasteiger partial charge >= 0.3 is 0 Å². The highest BCUT2D eigenvalue weighted by molar-refractivity contribution is 7.26. The SMILES string of the molecule is c1ccc(-c2cc(-c3ccccc3)cc(-n3c4ccccc4c4c5c6ccccc6n(-c6cccc7c6sc6ccccc67)c5ccc43)c2)cc1. The summed E-state index contributed by atoms with van der Waals surface area (Å²) in [4.78, 5) is 0. The van der Waals surface area contributed by atoms with E-state index in [4.69, 9.17) is 0 Å². The van der Waals surface area contributed by atoms with Crippen LogP contribution in [0, 0.1) is 0 Å². The van der Waals surface area contributed by atoms with Crippen LogP contribution in [0.4, 0.5) is 0 Å². The molecule has 8 aromatic carbocycles. The summed E-state index contributed by atoms with van der Waals surface area (Å²) in [5.74, 6) is 0. The Morgan fingerprint density at radius 3 is 1.49 bits per heavy atom. The van der Waals surface area contributed by atoms with Gasteiger partial charge in [-0.25, -0.2) is 0 Å². The fourth-order valence-corrected chi connectivity index (χ4v) is 9.51. The summed E-state index contributed by atoms with van der Waals surface area (Å²) in [7, 11) is 0. The summed E-state index contributed by atoms with van der Waals surface area (Å²) < 4.78 is 7.60. The van der Waals surface area contributed by atoms with Gasteiger partial charge in [-0.15, -0.1) is 11.3 Å². The lowest BCUT2D eigenvalue weighted by Gasteiger charge is -2.14. The highest BCUT2D eigenvalue weighted by atomic mass is 32.1. The van der Waals surface area contributed by atoms with Crippen LogP contribution >= 0.6 is 11.3 Å². The minimum atomic E-state index is 1.15. The van der Waals surface area contributed by atoms with Gasteiger partial charge in [0.25, 0.3) is 0 Å². The maximum absolute atomic E-state index is 2.50. The first kappa shape index (κ1) is 28.4. The molecule has 0 aliphatic rings. The third-order valence-corrected chi connectivity index (χ3v) is 11.7. The average Bonchev–Trinajstić information content (AvgIpc) is 3.86. The van der Waals surface area contributed by atoms with E-state index in [-0.39, 0.29) is 0 Å². The molecule has 0 unspecified atom stereocenters. The van der Waals surface area contributed by atoms with E-state index < -0.39 is 0 Å². The molecular weight excluding hydrogens is 637 g/mol. The number of benzene rings is 8. The molecule has 0 bridgehead atoms. The molecule has 238 valence electrons. The van der Waals surface area contributed by atoms with Crippen molar-refractivity contribution in [3.05, 3.63) is 182 Å². The fraction of sp³-hybridized carbons (Fsp3) is 0. The molecule has 2 nitrogen and oxygen atoms in total. The van der Waals surface area contributed by atoms with Crippen LogP contribution in [0.2, 0.25) is 0 Å². The molecule has 3 heterocycles. The number of nitrogens with zero attached hydrogens (tertiary/aromatic N) is 2. The van der Waals surface area contributed by atoms with Crippen molar-refractivity contribution in [3.63, 3.8) is 0 Å². The van der Waals surface area contributed by atoms with Gasteiger partial charge < -0.3 is 9.13 Å². The number of hydrogen-bond donors (Lipinski definition) is 0. The van der Waals surface area contributed by atoms with E-state index in [0.717, 1.165) is 5.69 Å². The lowest BCUT2D eigenvalue weighted by atomic mass is 9.98. The molecule has 51 heavy (non-hydrogen) atoms. The Balaban J connectivity index is 1.25. The zero-order valence-electron chi connectivity index (χ0n) is 27.6. The van der Waals surface area contributed by atoms with Gasteiger partial charge in [0.15, 0.2) is 0 Å². The highest BCUT2D eigenvalue weighted by Crippen LogP contribution is 2.45. The third-order valence-electron chi connectivity index (χ3n) is 10.5. The van der Waals surface area contributed by atoms with Crippen molar-refractivity contribution in [2.24, 2.45) is 0 Å². The fourth-order valence-electron chi connectivity index (χ4n) is 8.30. The van der Waals surface area contributed by atoms with E-state index >= 15 is 0 Å². The monoisotopic (exact) mass is 666 g/mol. The van der Waals surface area contributed by atoms with E-state index in [2.05, 4.69) is 191 Å². The summed E-state index contributed by atoms with van der Waals surface area (Å²) in [6, 6.07) is 66.6. The maximum Gasteiger partial charge on any atom is 0.0640 e. The quantitative estimate of drug-likeness (QED) is 0.177. The minimum absolute atomic E-state index is 1.15.